The lowest BCUT2D eigenvalue weighted by atomic mass is 9.92. The maximum atomic E-state index is 5.95. The van der Waals surface area contributed by atoms with E-state index in [-0.39, 0.29) is 12.4 Å². The Morgan fingerprint density at radius 2 is 1.96 bits per heavy atom. The minimum Gasteiger partial charge on any atom is -0.493 e. The Balaban J connectivity index is 0.00000192. The molecule has 3 aromatic rings. The summed E-state index contributed by atoms with van der Waals surface area (Å²) >= 11 is 0. The zero-order valence-corrected chi connectivity index (χ0v) is 16.5. The molecule has 28 heavy (non-hydrogen) atoms. The number of hydrogen-bond donors (Lipinski definition) is 2. The third kappa shape index (κ3) is 3.64. The first-order chi connectivity index (χ1) is 13.4. The van der Waals surface area contributed by atoms with Crippen LogP contribution in [0.5, 0.6) is 17.2 Å². The molecule has 0 spiro atoms. The summed E-state index contributed by atoms with van der Waals surface area (Å²) in [5, 5.41) is 4.96. The predicted molar refractivity (Wildman–Crippen MR) is 112 cm³/mol. The molecular weight excluding hydrogens is 376 g/mol. The highest BCUT2D eigenvalue weighted by Crippen LogP contribution is 2.36. The summed E-state index contributed by atoms with van der Waals surface area (Å²) < 4.78 is 16.7. The number of ether oxygens (including phenoxy) is 3. The molecule has 0 radical (unpaired) electrons. The number of halogens is 1. The highest BCUT2D eigenvalue weighted by Gasteiger charge is 2.22. The van der Waals surface area contributed by atoms with Crippen LogP contribution in [0, 0.1) is 0 Å². The molecule has 0 amide bonds. The Morgan fingerprint density at radius 3 is 2.93 bits per heavy atom. The van der Waals surface area contributed by atoms with Gasteiger partial charge in [0.15, 0.2) is 11.5 Å². The van der Waals surface area contributed by atoms with Gasteiger partial charge in [0, 0.05) is 42.2 Å². The number of para-hydroxylation sites is 1. The van der Waals surface area contributed by atoms with Crippen molar-refractivity contribution in [3.63, 3.8) is 0 Å². The first-order valence-corrected chi connectivity index (χ1v) is 9.71. The molecule has 2 aliphatic heterocycles. The van der Waals surface area contributed by atoms with Gasteiger partial charge in [-0.15, -0.1) is 12.4 Å². The molecule has 2 aromatic carbocycles. The fourth-order valence-corrected chi connectivity index (χ4v) is 4.21. The molecule has 0 fully saturated rings. The minimum absolute atomic E-state index is 0. The van der Waals surface area contributed by atoms with Crippen LogP contribution in [-0.2, 0) is 6.42 Å². The number of nitrogens with one attached hydrogen (secondary N) is 2. The number of H-pyrrole nitrogens is 1. The Bertz CT molecular complexity index is 956. The van der Waals surface area contributed by atoms with Crippen molar-refractivity contribution >= 4 is 23.3 Å². The maximum Gasteiger partial charge on any atom is 0.231 e. The second-order valence-electron chi connectivity index (χ2n) is 7.22. The Kier molecular flexibility index (Phi) is 5.64. The van der Waals surface area contributed by atoms with Crippen LogP contribution in [0.3, 0.4) is 0 Å². The van der Waals surface area contributed by atoms with Crippen molar-refractivity contribution in [1.82, 2.24) is 10.3 Å². The molecule has 5 rings (SSSR count). The van der Waals surface area contributed by atoms with E-state index in [1.54, 1.807) is 0 Å². The lowest BCUT2D eigenvalue weighted by Crippen LogP contribution is -2.20. The van der Waals surface area contributed by atoms with Crippen LogP contribution in [0.25, 0.3) is 10.9 Å². The largest absolute Gasteiger partial charge is 0.493 e. The standard InChI is InChI=1S/C22H24N2O3.ClH/c1-2-6-18-17(5-1)22-15(13-23-10-9-19(22)24-18)4-3-11-25-16-7-8-20-21(12-16)27-14-26-20;/h1-2,5-8,12,15,23-24H,3-4,9-11,13-14H2;1H. The summed E-state index contributed by atoms with van der Waals surface area (Å²) in [6.45, 7) is 3.05. The summed E-state index contributed by atoms with van der Waals surface area (Å²) in [5.74, 6) is 2.91. The average Bonchev–Trinajstić information content (AvgIpc) is 3.25. The van der Waals surface area contributed by atoms with Gasteiger partial charge < -0.3 is 24.5 Å². The first kappa shape index (κ1) is 19.0. The third-order valence-corrected chi connectivity index (χ3v) is 5.49. The second-order valence-corrected chi connectivity index (χ2v) is 7.22. The number of rotatable bonds is 5. The van der Waals surface area contributed by atoms with Gasteiger partial charge in [-0.05, 0) is 42.5 Å². The molecule has 2 aliphatic rings. The Labute approximate surface area is 170 Å². The van der Waals surface area contributed by atoms with E-state index in [9.17, 15) is 0 Å². The molecule has 1 unspecified atom stereocenters. The van der Waals surface area contributed by atoms with Crippen LogP contribution in [0.4, 0.5) is 0 Å². The van der Waals surface area contributed by atoms with E-state index in [2.05, 4.69) is 34.6 Å². The summed E-state index contributed by atoms with van der Waals surface area (Å²) in [6.07, 6.45) is 3.18. The van der Waals surface area contributed by atoms with Gasteiger partial charge in [0.05, 0.1) is 6.61 Å². The Hall–Kier alpha value is -2.37. The van der Waals surface area contributed by atoms with E-state index in [1.807, 2.05) is 18.2 Å². The lowest BCUT2D eigenvalue weighted by molar-refractivity contribution is 0.173. The van der Waals surface area contributed by atoms with E-state index >= 15 is 0 Å². The molecular formula is C22H25ClN2O3. The second kappa shape index (κ2) is 8.33. The number of aromatic nitrogens is 1. The van der Waals surface area contributed by atoms with E-state index < -0.39 is 0 Å². The van der Waals surface area contributed by atoms with Crippen molar-refractivity contribution in [2.24, 2.45) is 0 Å². The van der Waals surface area contributed by atoms with Gasteiger partial charge in [-0.1, -0.05) is 18.2 Å². The number of aromatic amines is 1. The maximum absolute atomic E-state index is 5.95. The van der Waals surface area contributed by atoms with Gasteiger partial charge in [0.25, 0.3) is 0 Å². The lowest BCUT2D eigenvalue weighted by Gasteiger charge is -2.16. The monoisotopic (exact) mass is 400 g/mol. The normalized spacial score (nSPS) is 17.6. The van der Waals surface area contributed by atoms with Crippen molar-refractivity contribution < 1.29 is 14.2 Å². The first-order valence-electron chi connectivity index (χ1n) is 9.71. The quantitative estimate of drug-likeness (QED) is 0.623. The van der Waals surface area contributed by atoms with Crippen molar-refractivity contribution in [3.05, 3.63) is 53.7 Å². The SMILES string of the molecule is Cl.c1ccc2c3c([nH]c2c1)CCNCC3CCCOc1ccc2c(c1)OCO2. The summed E-state index contributed by atoms with van der Waals surface area (Å²) in [4.78, 5) is 3.63. The van der Waals surface area contributed by atoms with Gasteiger partial charge in [0.1, 0.15) is 5.75 Å². The van der Waals surface area contributed by atoms with Gasteiger partial charge in [-0.2, -0.15) is 0 Å². The van der Waals surface area contributed by atoms with Crippen molar-refractivity contribution in [2.45, 2.75) is 25.2 Å². The van der Waals surface area contributed by atoms with Gasteiger partial charge in [0.2, 0.25) is 6.79 Å². The van der Waals surface area contributed by atoms with Crippen molar-refractivity contribution in [3.8, 4) is 17.2 Å². The molecule has 148 valence electrons. The van der Waals surface area contributed by atoms with Crippen LogP contribution in [-0.4, -0.2) is 31.5 Å². The van der Waals surface area contributed by atoms with E-state index in [1.165, 1.54) is 22.2 Å². The van der Waals surface area contributed by atoms with E-state index in [0.717, 1.165) is 49.6 Å². The summed E-state index contributed by atoms with van der Waals surface area (Å²) in [7, 11) is 0. The molecule has 0 bridgehead atoms. The smallest absolute Gasteiger partial charge is 0.231 e. The molecule has 2 N–H and O–H groups in total. The fraction of sp³-hybridized carbons (Fsp3) is 0.364. The molecule has 6 heteroatoms. The fourth-order valence-electron chi connectivity index (χ4n) is 4.21. The highest BCUT2D eigenvalue weighted by atomic mass is 35.5. The van der Waals surface area contributed by atoms with Crippen LogP contribution < -0.4 is 19.5 Å². The zero-order valence-electron chi connectivity index (χ0n) is 15.7. The highest BCUT2D eigenvalue weighted by molar-refractivity contribution is 5.85. The molecule has 0 aliphatic carbocycles. The molecule has 1 atom stereocenters. The number of benzene rings is 2. The molecule has 5 nitrogen and oxygen atoms in total. The topological polar surface area (TPSA) is 55.5 Å². The summed E-state index contributed by atoms with van der Waals surface area (Å²) in [6, 6.07) is 14.4. The Morgan fingerprint density at radius 1 is 1.07 bits per heavy atom. The van der Waals surface area contributed by atoms with Gasteiger partial charge in [-0.25, -0.2) is 0 Å². The van der Waals surface area contributed by atoms with E-state index in [0.29, 0.717) is 19.3 Å². The molecule has 0 saturated carbocycles. The third-order valence-electron chi connectivity index (χ3n) is 5.49. The van der Waals surface area contributed by atoms with Crippen LogP contribution in [0.2, 0.25) is 0 Å². The molecule has 1 aromatic heterocycles. The number of fused-ring (bicyclic) bond motifs is 4. The van der Waals surface area contributed by atoms with Crippen molar-refractivity contribution in [1.29, 1.82) is 0 Å². The van der Waals surface area contributed by atoms with Crippen molar-refractivity contribution in [2.75, 3.05) is 26.5 Å². The van der Waals surface area contributed by atoms with Gasteiger partial charge >= 0.3 is 0 Å². The van der Waals surface area contributed by atoms with Crippen LogP contribution in [0.15, 0.2) is 42.5 Å². The molecule has 0 saturated heterocycles. The summed E-state index contributed by atoms with van der Waals surface area (Å²) in [5.41, 5.74) is 4.15. The van der Waals surface area contributed by atoms with E-state index in [4.69, 9.17) is 14.2 Å². The molecule has 3 heterocycles. The average molecular weight is 401 g/mol. The van der Waals surface area contributed by atoms with Crippen LogP contribution >= 0.6 is 12.4 Å². The zero-order chi connectivity index (χ0) is 18.1. The number of hydrogen-bond acceptors (Lipinski definition) is 4. The van der Waals surface area contributed by atoms with Crippen LogP contribution in [0.1, 0.15) is 30.0 Å². The minimum atomic E-state index is 0. The van der Waals surface area contributed by atoms with Gasteiger partial charge in [-0.3, -0.25) is 0 Å². The predicted octanol–water partition coefficient (Wildman–Crippen LogP) is 4.41.